The van der Waals surface area contributed by atoms with Gasteiger partial charge < -0.3 is 0 Å². The lowest BCUT2D eigenvalue weighted by atomic mass is 10.0. The van der Waals surface area contributed by atoms with E-state index in [4.69, 9.17) is 0 Å². The fraction of sp³-hybridized carbons (Fsp3) is 0.0588. The van der Waals surface area contributed by atoms with E-state index in [9.17, 15) is 14.4 Å². The molecule has 2 aromatic carbocycles. The van der Waals surface area contributed by atoms with E-state index in [-0.39, 0.29) is 10.8 Å². The van der Waals surface area contributed by atoms with E-state index < -0.39 is 16.5 Å². The summed E-state index contributed by atoms with van der Waals surface area (Å²) in [6, 6.07) is 18.0. The van der Waals surface area contributed by atoms with Crippen molar-refractivity contribution in [3.05, 3.63) is 92.6 Å². The van der Waals surface area contributed by atoms with Crippen LogP contribution in [-0.2, 0) is 0 Å². The summed E-state index contributed by atoms with van der Waals surface area (Å²) in [6.07, 6.45) is 0. The number of carbonyl (C=O) groups excluding carboxylic acids is 1. The minimum atomic E-state index is -0.685. The zero-order valence-electron chi connectivity index (χ0n) is 12.4. The molecule has 0 aliphatic heterocycles. The molecular weight excluding hydrogens is 326 g/mol. The Kier molecular flexibility index (Phi) is 4.72. The lowest BCUT2D eigenvalue weighted by molar-refractivity contribution is 0.0989. The van der Waals surface area contributed by atoms with Crippen LogP contribution in [0.4, 0.5) is 0 Å². The van der Waals surface area contributed by atoms with Crippen molar-refractivity contribution in [3.8, 4) is 0 Å². The fourth-order valence-electron chi connectivity index (χ4n) is 2.18. The van der Waals surface area contributed by atoms with Gasteiger partial charge in [0.1, 0.15) is 0 Å². The largest absolute Gasteiger partial charge is 0.342 e. The van der Waals surface area contributed by atoms with Crippen LogP contribution in [0, 0.1) is 0 Å². The number of rotatable bonds is 5. The number of thioether (sulfide) groups is 1. The normalized spacial score (nSPS) is 11.8. The Balaban J connectivity index is 2.01. The fourth-order valence-corrected chi connectivity index (χ4v) is 3.20. The van der Waals surface area contributed by atoms with Crippen molar-refractivity contribution in [2.45, 2.75) is 10.3 Å². The van der Waals surface area contributed by atoms with Crippen LogP contribution in [0.3, 0.4) is 0 Å². The highest BCUT2D eigenvalue weighted by Gasteiger charge is 2.25. The predicted octanol–water partition coefficient (Wildman–Crippen LogP) is 2.17. The number of nitrogens with one attached hydrogen (secondary N) is 2. The number of hydrogen-bond donors (Lipinski definition) is 2. The molecule has 0 saturated heterocycles. The molecule has 120 valence electrons. The van der Waals surface area contributed by atoms with Gasteiger partial charge in [-0.25, -0.2) is 9.89 Å². The zero-order valence-corrected chi connectivity index (χ0v) is 13.2. The molecule has 1 unspecified atom stereocenters. The van der Waals surface area contributed by atoms with Crippen LogP contribution in [-0.4, -0.2) is 21.0 Å². The predicted molar refractivity (Wildman–Crippen MR) is 91.3 cm³/mol. The van der Waals surface area contributed by atoms with Crippen LogP contribution in [0.5, 0.6) is 0 Å². The van der Waals surface area contributed by atoms with Crippen molar-refractivity contribution in [1.82, 2.24) is 15.2 Å². The molecule has 2 N–H and O–H groups in total. The number of hydrogen-bond acceptors (Lipinski definition) is 5. The molecule has 3 rings (SSSR count). The Morgan fingerprint density at radius 3 is 2.21 bits per heavy atom. The highest BCUT2D eigenvalue weighted by molar-refractivity contribution is 8.00. The lowest BCUT2D eigenvalue weighted by Gasteiger charge is -2.15. The first-order valence-corrected chi connectivity index (χ1v) is 8.03. The molecule has 0 amide bonds. The Bertz CT molecular complexity index is 952. The van der Waals surface area contributed by atoms with E-state index in [0.29, 0.717) is 5.56 Å². The van der Waals surface area contributed by atoms with E-state index >= 15 is 0 Å². The summed E-state index contributed by atoms with van der Waals surface area (Å²) in [5.74, 6) is -0.140. The topological polar surface area (TPSA) is 95.7 Å². The Labute approximate surface area is 141 Å². The van der Waals surface area contributed by atoms with E-state index in [1.54, 1.807) is 24.3 Å². The molecule has 0 spiro atoms. The minimum absolute atomic E-state index is 0.0349. The number of benzene rings is 2. The van der Waals surface area contributed by atoms with Crippen molar-refractivity contribution in [2.75, 3.05) is 0 Å². The van der Waals surface area contributed by atoms with Crippen LogP contribution in [0.2, 0.25) is 0 Å². The summed E-state index contributed by atoms with van der Waals surface area (Å²) in [4.78, 5) is 38.0. The lowest BCUT2D eigenvalue weighted by Crippen LogP contribution is -2.25. The average Bonchev–Trinajstić information content (AvgIpc) is 2.62. The van der Waals surface area contributed by atoms with Crippen molar-refractivity contribution in [2.24, 2.45) is 0 Å². The van der Waals surface area contributed by atoms with Gasteiger partial charge in [0.15, 0.2) is 10.8 Å². The van der Waals surface area contributed by atoms with Gasteiger partial charge in [0.2, 0.25) is 0 Å². The monoisotopic (exact) mass is 339 g/mol. The van der Waals surface area contributed by atoms with Crippen molar-refractivity contribution >= 4 is 17.5 Å². The summed E-state index contributed by atoms with van der Waals surface area (Å²) in [5, 5.41) is 5.32. The molecule has 0 aliphatic rings. The number of H-pyrrole nitrogens is 2. The van der Waals surface area contributed by atoms with Gasteiger partial charge in [0.05, 0.1) is 5.25 Å². The van der Waals surface area contributed by atoms with E-state index in [1.165, 1.54) is 0 Å². The van der Waals surface area contributed by atoms with Crippen molar-refractivity contribution < 1.29 is 4.79 Å². The minimum Gasteiger partial charge on any atom is -0.293 e. The van der Waals surface area contributed by atoms with Gasteiger partial charge in [-0.15, -0.1) is 0 Å². The number of ketones is 1. The van der Waals surface area contributed by atoms with Crippen LogP contribution < -0.4 is 11.2 Å². The maximum atomic E-state index is 12.9. The van der Waals surface area contributed by atoms with Gasteiger partial charge in [0, 0.05) is 5.56 Å². The standard InChI is InChI=1S/C17H13N3O3S/c21-13(11-7-3-1-4-8-11)14(12-9-5-2-6-10-12)24-16-15(22)18-17(23)20-19-16/h1-10,14H,(H2,18,20,22,23). The first-order chi connectivity index (χ1) is 11.6. The van der Waals surface area contributed by atoms with Crippen LogP contribution in [0.15, 0.2) is 75.3 Å². The SMILES string of the molecule is O=C(c1ccccc1)C(Sc1n[nH]c(=O)[nH]c1=O)c1ccccc1. The van der Waals surface area contributed by atoms with Gasteiger partial charge in [-0.3, -0.25) is 14.6 Å². The summed E-state index contributed by atoms with van der Waals surface area (Å²) in [7, 11) is 0. The molecule has 24 heavy (non-hydrogen) atoms. The first kappa shape index (κ1) is 15.9. The molecule has 0 saturated carbocycles. The van der Waals surface area contributed by atoms with Gasteiger partial charge >= 0.3 is 5.69 Å². The Morgan fingerprint density at radius 1 is 0.958 bits per heavy atom. The summed E-state index contributed by atoms with van der Waals surface area (Å²) < 4.78 is 0. The molecule has 6 nitrogen and oxygen atoms in total. The van der Waals surface area contributed by atoms with E-state index in [1.807, 2.05) is 36.4 Å². The second-order valence-electron chi connectivity index (χ2n) is 4.95. The zero-order chi connectivity index (χ0) is 16.9. The highest BCUT2D eigenvalue weighted by Crippen LogP contribution is 2.35. The first-order valence-electron chi connectivity index (χ1n) is 7.15. The highest BCUT2D eigenvalue weighted by atomic mass is 32.2. The summed E-state index contributed by atoms with van der Waals surface area (Å²) in [5.41, 5.74) is -0.0102. The van der Waals surface area contributed by atoms with Crippen LogP contribution >= 0.6 is 11.8 Å². The maximum Gasteiger partial charge on any atom is 0.342 e. The smallest absolute Gasteiger partial charge is 0.293 e. The Morgan fingerprint density at radius 2 is 1.58 bits per heavy atom. The molecule has 7 heteroatoms. The number of aromatic nitrogens is 3. The van der Waals surface area contributed by atoms with Crippen molar-refractivity contribution in [1.29, 1.82) is 0 Å². The van der Waals surface area contributed by atoms with E-state index in [0.717, 1.165) is 17.3 Å². The Hall–Kier alpha value is -2.93. The summed E-state index contributed by atoms with van der Waals surface area (Å²) >= 11 is 1.01. The maximum absolute atomic E-state index is 12.9. The average molecular weight is 339 g/mol. The third-order valence-electron chi connectivity index (χ3n) is 3.31. The van der Waals surface area contributed by atoms with Crippen molar-refractivity contribution in [3.63, 3.8) is 0 Å². The molecule has 1 aromatic heterocycles. The number of Topliss-reactive ketones (excluding diaryl/α,β-unsaturated/α-hetero) is 1. The van der Waals surface area contributed by atoms with Gasteiger partial charge in [-0.1, -0.05) is 72.4 Å². The molecule has 3 aromatic rings. The summed E-state index contributed by atoms with van der Waals surface area (Å²) in [6.45, 7) is 0. The molecule has 0 fully saturated rings. The molecule has 0 aliphatic carbocycles. The molecular formula is C17H13N3O3S. The molecule has 1 atom stereocenters. The van der Waals surface area contributed by atoms with E-state index in [2.05, 4.69) is 15.2 Å². The quantitative estimate of drug-likeness (QED) is 0.549. The number of nitrogens with zero attached hydrogens (tertiary/aromatic N) is 1. The number of aromatic amines is 2. The third-order valence-corrected chi connectivity index (χ3v) is 4.53. The second-order valence-corrected chi connectivity index (χ2v) is 6.04. The molecule has 1 heterocycles. The van der Waals surface area contributed by atoms with Gasteiger partial charge in [-0.05, 0) is 5.56 Å². The number of carbonyl (C=O) groups is 1. The molecule has 0 radical (unpaired) electrons. The molecule has 0 bridgehead atoms. The van der Waals surface area contributed by atoms with Crippen LogP contribution in [0.1, 0.15) is 21.2 Å². The third kappa shape index (κ3) is 3.52. The van der Waals surface area contributed by atoms with Gasteiger partial charge in [-0.2, -0.15) is 5.10 Å². The second kappa shape index (κ2) is 7.10. The van der Waals surface area contributed by atoms with Gasteiger partial charge in [0.25, 0.3) is 5.56 Å². The van der Waals surface area contributed by atoms with Crippen LogP contribution in [0.25, 0.3) is 0 Å².